The lowest BCUT2D eigenvalue weighted by Gasteiger charge is -2.16. The lowest BCUT2D eigenvalue weighted by Crippen LogP contribution is -2.30. The molecule has 0 unspecified atom stereocenters. The van der Waals surface area contributed by atoms with Crippen LogP contribution in [0.3, 0.4) is 0 Å². The second-order valence-corrected chi connectivity index (χ2v) is 6.02. The third-order valence-corrected chi connectivity index (χ3v) is 4.27. The van der Waals surface area contributed by atoms with Crippen molar-refractivity contribution in [2.75, 3.05) is 6.61 Å². The van der Waals surface area contributed by atoms with E-state index < -0.39 is 35.2 Å². The van der Waals surface area contributed by atoms with Gasteiger partial charge in [-0.25, -0.2) is 0 Å². The quantitative estimate of drug-likeness (QED) is 0.767. The molecule has 2 N–H and O–H groups in total. The van der Waals surface area contributed by atoms with E-state index in [9.17, 15) is 13.5 Å². The molecule has 0 spiro atoms. The molecule has 0 radical (unpaired) electrons. The Kier molecular flexibility index (Phi) is 4.22. The average molecular weight is 288 g/mol. The number of aliphatic hydroxyl groups excluding tert-OH is 2. The normalized spacial score (nSPS) is 27.6. The van der Waals surface area contributed by atoms with Gasteiger partial charge in [-0.15, -0.1) is 0 Å². The van der Waals surface area contributed by atoms with Gasteiger partial charge >= 0.3 is 0 Å². The van der Waals surface area contributed by atoms with E-state index in [2.05, 4.69) is 0 Å². The van der Waals surface area contributed by atoms with Crippen LogP contribution in [0.4, 0.5) is 0 Å². The van der Waals surface area contributed by atoms with E-state index in [1.54, 1.807) is 12.1 Å². The van der Waals surface area contributed by atoms with Crippen LogP contribution in [0, 0.1) is 6.92 Å². The van der Waals surface area contributed by atoms with Gasteiger partial charge in [-0.05, 0) is 19.1 Å². The molecule has 7 heteroatoms. The highest BCUT2D eigenvalue weighted by molar-refractivity contribution is 7.86. The molecule has 0 amide bonds. The number of rotatable bonds is 4. The third-order valence-electron chi connectivity index (χ3n) is 2.92. The fraction of sp³-hybridized carbons (Fsp3) is 0.500. The lowest BCUT2D eigenvalue weighted by molar-refractivity contribution is -0.106. The first-order valence-electron chi connectivity index (χ1n) is 5.87. The highest BCUT2D eigenvalue weighted by atomic mass is 32.2. The summed E-state index contributed by atoms with van der Waals surface area (Å²) in [6, 6.07) is 6.23. The van der Waals surface area contributed by atoms with Gasteiger partial charge in [0.05, 0.1) is 11.5 Å². The number of benzene rings is 1. The largest absolute Gasteiger partial charge is 0.394 e. The van der Waals surface area contributed by atoms with E-state index >= 15 is 0 Å². The Bertz CT molecular complexity index is 524. The average Bonchev–Trinajstić information content (AvgIpc) is 2.69. The highest BCUT2D eigenvalue weighted by Gasteiger charge is 2.38. The summed E-state index contributed by atoms with van der Waals surface area (Å²) in [5.41, 5.74) is 0.937. The Balaban J connectivity index is 2.15. The molecule has 6 nitrogen and oxygen atoms in total. The summed E-state index contributed by atoms with van der Waals surface area (Å²) < 4.78 is 34.0. The third kappa shape index (κ3) is 3.31. The van der Waals surface area contributed by atoms with Crippen molar-refractivity contribution in [2.24, 2.45) is 0 Å². The van der Waals surface area contributed by atoms with Gasteiger partial charge in [0.25, 0.3) is 10.1 Å². The maximum Gasteiger partial charge on any atom is 0.297 e. The van der Waals surface area contributed by atoms with Crippen LogP contribution in [-0.4, -0.2) is 43.7 Å². The van der Waals surface area contributed by atoms with Crippen molar-refractivity contribution in [2.45, 2.75) is 36.7 Å². The molecule has 0 aromatic heterocycles. The molecule has 19 heavy (non-hydrogen) atoms. The van der Waals surface area contributed by atoms with Gasteiger partial charge in [-0.1, -0.05) is 17.7 Å². The molecule has 2 rings (SSSR count). The summed E-state index contributed by atoms with van der Waals surface area (Å²) >= 11 is 0. The van der Waals surface area contributed by atoms with Crippen LogP contribution in [0.25, 0.3) is 0 Å². The number of ether oxygens (including phenoxy) is 1. The summed E-state index contributed by atoms with van der Waals surface area (Å²) in [6.07, 6.45) is -2.83. The second kappa shape index (κ2) is 5.56. The molecule has 1 aromatic carbocycles. The summed E-state index contributed by atoms with van der Waals surface area (Å²) in [5, 5.41) is 18.3. The van der Waals surface area contributed by atoms with Gasteiger partial charge in [0.2, 0.25) is 0 Å². The zero-order chi connectivity index (χ0) is 14.0. The van der Waals surface area contributed by atoms with E-state index in [4.69, 9.17) is 14.0 Å². The Labute approximate surface area is 111 Å². The standard InChI is InChI=1S/C12H16O6S/c1-8-2-4-9(5-3-8)19(15,16)18-10-6-12(14)17-11(10)7-13/h2-5,10-14H,6-7H2,1H3/t10-,11+,12+/m0/s1. The van der Waals surface area contributed by atoms with Crippen molar-refractivity contribution in [3.05, 3.63) is 29.8 Å². The minimum atomic E-state index is -3.93. The van der Waals surface area contributed by atoms with E-state index in [0.717, 1.165) is 5.56 Å². The van der Waals surface area contributed by atoms with Crippen molar-refractivity contribution in [1.82, 2.24) is 0 Å². The van der Waals surface area contributed by atoms with Crippen molar-refractivity contribution >= 4 is 10.1 Å². The number of hydrogen-bond acceptors (Lipinski definition) is 6. The van der Waals surface area contributed by atoms with Gasteiger partial charge in [0.1, 0.15) is 12.2 Å². The maximum atomic E-state index is 12.0. The van der Waals surface area contributed by atoms with Gasteiger partial charge in [0, 0.05) is 6.42 Å². The molecule has 3 atom stereocenters. The first-order valence-corrected chi connectivity index (χ1v) is 7.27. The number of hydrogen-bond donors (Lipinski definition) is 2. The maximum absolute atomic E-state index is 12.0. The lowest BCUT2D eigenvalue weighted by atomic mass is 10.2. The van der Waals surface area contributed by atoms with Gasteiger partial charge in [-0.3, -0.25) is 4.18 Å². The Morgan fingerprint density at radius 2 is 2.00 bits per heavy atom. The van der Waals surface area contributed by atoms with Gasteiger partial charge in [-0.2, -0.15) is 8.42 Å². The molecule has 1 heterocycles. The first kappa shape index (κ1) is 14.4. The molecule has 1 fully saturated rings. The van der Waals surface area contributed by atoms with Crippen LogP contribution in [0.2, 0.25) is 0 Å². The molecule has 106 valence electrons. The van der Waals surface area contributed by atoms with Crippen molar-refractivity contribution in [1.29, 1.82) is 0 Å². The minimum absolute atomic E-state index is 0.0102. The molecular weight excluding hydrogens is 272 g/mol. The van der Waals surface area contributed by atoms with Crippen LogP contribution < -0.4 is 0 Å². The molecule has 1 aliphatic heterocycles. The van der Waals surface area contributed by atoms with E-state index in [-0.39, 0.29) is 11.3 Å². The summed E-state index contributed by atoms with van der Waals surface area (Å²) in [7, 11) is -3.93. The smallest absolute Gasteiger partial charge is 0.297 e. The van der Waals surface area contributed by atoms with Crippen LogP contribution in [0.15, 0.2) is 29.2 Å². The fourth-order valence-corrected chi connectivity index (χ4v) is 2.99. The minimum Gasteiger partial charge on any atom is -0.394 e. The molecule has 0 bridgehead atoms. The topological polar surface area (TPSA) is 93.1 Å². The van der Waals surface area contributed by atoms with E-state index in [1.165, 1.54) is 12.1 Å². The zero-order valence-corrected chi connectivity index (χ0v) is 11.2. The van der Waals surface area contributed by atoms with Crippen molar-refractivity contribution in [3.8, 4) is 0 Å². The van der Waals surface area contributed by atoms with Crippen LogP contribution in [0.1, 0.15) is 12.0 Å². The molecule has 0 saturated carbocycles. The first-order chi connectivity index (χ1) is 8.92. The summed E-state index contributed by atoms with van der Waals surface area (Å²) in [4.78, 5) is 0.0381. The van der Waals surface area contributed by atoms with Crippen LogP contribution in [-0.2, 0) is 19.0 Å². The predicted octanol–water partition coefficient (Wildman–Crippen LogP) is 0.169. The Hall–Kier alpha value is -0.990. The van der Waals surface area contributed by atoms with Crippen molar-refractivity contribution in [3.63, 3.8) is 0 Å². The second-order valence-electron chi connectivity index (χ2n) is 4.45. The monoisotopic (exact) mass is 288 g/mol. The molecule has 1 aliphatic rings. The van der Waals surface area contributed by atoms with Gasteiger partial charge in [0.15, 0.2) is 6.29 Å². The number of aliphatic hydroxyl groups is 2. The highest BCUT2D eigenvalue weighted by Crippen LogP contribution is 2.25. The van der Waals surface area contributed by atoms with Crippen LogP contribution >= 0.6 is 0 Å². The molecule has 1 aromatic rings. The zero-order valence-electron chi connectivity index (χ0n) is 10.4. The van der Waals surface area contributed by atoms with Crippen LogP contribution in [0.5, 0.6) is 0 Å². The van der Waals surface area contributed by atoms with E-state index in [1.807, 2.05) is 6.92 Å². The van der Waals surface area contributed by atoms with E-state index in [0.29, 0.717) is 0 Å². The molecular formula is C12H16O6S. The Morgan fingerprint density at radius 3 is 2.58 bits per heavy atom. The van der Waals surface area contributed by atoms with Gasteiger partial charge < -0.3 is 14.9 Å². The fourth-order valence-electron chi connectivity index (χ4n) is 1.88. The Morgan fingerprint density at radius 1 is 1.37 bits per heavy atom. The van der Waals surface area contributed by atoms with Crippen molar-refractivity contribution < 1.29 is 27.6 Å². The molecule has 0 aliphatic carbocycles. The predicted molar refractivity (Wildman–Crippen MR) is 65.8 cm³/mol. The SMILES string of the molecule is Cc1ccc(S(=O)(=O)O[C@H]2C[C@H](O)O[C@@H]2CO)cc1. The number of aryl methyl sites for hydroxylation is 1. The summed E-state index contributed by atoms with van der Waals surface area (Å²) in [5.74, 6) is 0. The summed E-state index contributed by atoms with van der Waals surface area (Å²) in [6.45, 7) is 1.44. The molecule has 1 saturated heterocycles.